The van der Waals surface area contributed by atoms with Crippen molar-refractivity contribution in [2.24, 2.45) is 5.73 Å². The molecule has 1 heterocycles. The minimum Gasteiger partial charge on any atom is -0.508 e. The summed E-state index contributed by atoms with van der Waals surface area (Å²) in [6.07, 6.45) is 1.75. The van der Waals surface area contributed by atoms with Gasteiger partial charge in [-0.2, -0.15) is 0 Å². The van der Waals surface area contributed by atoms with Gasteiger partial charge in [-0.3, -0.25) is 0 Å². The van der Waals surface area contributed by atoms with E-state index in [-0.39, 0.29) is 5.75 Å². The van der Waals surface area contributed by atoms with Crippen molar-refractivity contribution in [1.29, 1.82) is 0 Å². The van der Waals surface area contributed by atoms with Gasteiger partial charge in [0.25, 0.3) is 0 Å². The van der Waals surface area contributed by atoms with Crippen molar-refractivity contribution in [2.45, 2.75) is 19.8 Å². The molecule has 2 amide bonds. The van der Waals surface area contributed by atoms with Crippen molar-refractivity contribution in [2.75, 3.05) is 4.90 Å². The minimum atomic E-state index is -0.602. The third-order valence-electron chi connectivity index (χ3n) is 2.60. The van der Waals surface area contributed by atoms with Crippen LogP contribution in [0.25, 0.3) is 0 Å². The molecule has 6 heteroatoms. The van der Waals surface area contributed by atoms with E-state index >= 15 is 0 Å². The molecule has 0 saturated carbocycles. The maximum Gasteiger partial charge on any atom is 0.325 e. The van der Waals surface area contributed by atoms with Crippen LogP contribution in [0.3, 0.4) is 0 Å². The molecule has 0 saturated heterocycles. The first-order valence-corrected chi connectivity index (χ1v) is 6.65. The molecular formula is C13H15N3O2S. The first kappa shape index (κ1) is 13.4. The average Bonchev–Trinajstić information content (AvgIpc) is 2.81. The fourth-order valence-corrected chi connectivity index (χ4v) is 2.52. The normalized spacial score (nSPS) is 10.7. The molecule has 0 aliphatic rings. The topological polar surface area (TPSA) is 79.5 Å². The molecule has 5 nitrogen and oxygen atoms in total. The Labute approximate surface area is 115 Å². The monoisotopic (exact) mass is 277 g/mol. The molecule has 1 aromatic heterocycles. The molecule has 2 aromatic rings. The number of phenols is 1. The van der Waals surface area contributed by atoms with Gasteiger partial charge in [-0.15, -0.1) is 11.3 Å². The van der Waals surface area contributed by atoms with Crippen molar-refractivity contribution < 1.29 is 9.90 Å². The summed E-state index contributed by atoms with van der Waals surface area (Å²) >= 11 is 1.43. The number of urea groups is 1. The number of aromatic hydroxyl groups is 1. The molecular weight excluding hydrogens is 262 g/mol. The van der Waals surface area contributed by atoms with E-state index in [4.69, 9.17) is 5.73 Å². The van der Waals surface area contributed by atoms with Crippen LogP contribution in [0.2, 0.25) is 0 Å². The van der Waals surface area contributed by atoms with Gasteiger partial charge in [-0.25, -0.2) is 14.7 Å². The minimum absolute atomic E-state index is 0.134. The third-order valence-corrected chi connectivity index (χ3v) is 3.88. The second kappa shape index (κ2) is 5.27. The number of benzene rings is 1. The van der Waals surface area contributed by atoms with Crippen LogP contribution in [-0.4, -0.2) is 16.1 Å². The number of rotatable bonds is 3. The smallest absolute Gasteiger partial charge is 0.325 e. The van der Waals surface area contributed by atoms with Crippen molar-refractivity contribution in [3.8, 4) is 5.75 Å². The van der Waals surface area contributed by atoms with Crippen molar-refractivity contribution in [1.82, 2.24) is 4.98 Å². The van der Waals surface area contributed by atoms with E-state index in [1.165, 1.54) is 28.4 Å². The van der Waals surface area contributed by atoms with Gasteiger partial charge in [0.1, 0.15) is 5.75 Å². The van der Waals surface area contributed by atoms with Gasteiger partial charge in [0, 0.05) is 11.1 Å². The number of carbonyl (C=O) groups excluding carboxylic acids is 1. The van der Waals surface area contributed by atoms with Gasteiger partial charge in [-0.05, 0) is 30.2 Å². The Morgan fingerprint density at radius 1 is 1.37 bits per heavy atom. The SMILES string of the molecule is CC(C)c1cnc(N(C(N)=O)c2ccc(O)cc2)s1. The van der Waals surface area contributed by atoms with Gasteiger partial charge in [-0.1, -0.05) is 13.8 Å². The maximum atomic E-state index is 11.6. The summed E-state index contributed by atoms with van der Waals surface area (Å²) in [6.45, 7) is 4.12. The third kappa shape index (κ3) is 2.85. The van der Waals surface area contributed by atoms with Gasteiger partial charge in [0.15, 0.2) is 5.13 Å². The summed E-state index contributed by atoms with van der Waals surface area (Å²) < 4.78 is 0. The van der Waals surface area contributed by atoms with E-state index in [9.17, 15) is 9.90 Å². The summed E-state index contributed by atoms with van der Waals surface area (Å²) in [5, 5.41) is 9.81. The first-order chi connectivity index (χ1) is 8.99. The zero-order valence-electron chi connectivity index (χ0n) is 10.7. The van der Waals surface area contributed by atoms with Crippen LogP contribution in [0.1, 0.15) is 24.6 Å². The van der Waals surface area contributed by atoms with Gasteiger partial charge < -0.3 is 10.8 Å². The molecule has 100 valence electrons. The van der Waals surface area contributed by atoms with Gasteiger partial charge in [0.2, 0.25) is 0 Å². The molecule has 0 aliphatic carbocycles. The summed E-state index contributed by atoms with van der Waals surface area (Å²) in [5.41, 5.74) is 5.99. The lowest BCUT2D eigenvalue weighted by atomic mass is 10.2. The van der Waals surface area contributed by atoms with Crippen LogP contribution in [0.15, 0.2) is 30.5 Å². The van der Waals surface area contributed by atoms with Crippen LogP contribution in [0.4, 0.5) is 15.6 Å². The van der Waals surface area contributed by atoms with Crippen molar-refractivity contribution in [3.63, 3.8) is 0 Å². The molecule has 0 fully saturated rings. The lowest BCUT2D eigenvalue weighted by Gasteiger charge is -2.17. The Morgan fingerprint density at radius 3 is 2.47 bits per heavy atom. The van der Waals surface area contributed by atoms with Crippen LogP contribution >= 0.6 is 11.3 Å². The fraction of sp³-hybridized carbons (Fsp3) is 0.231. The number of carbonyl (C=O) groups is 1. The number of hydrogen-bond donors (Lipinski definition) is 2. The van der Waals surface area contributed by atoms with Gasteiger partial charge >= 0.3 is 6.03 Å². The number of anilines is 2. The van der Waals surface area contributed by atoms with Crippen LogP contribution in [-0.2, 0) is 0 Å². The van der Waals surface area contributed by atoms with E-state index in [1.54, 1.807) is 18.3 Å². The molecule has 3 N–H and O–H groups in total. The van der Waals surface area contributed by atoms with Crippen LogP contribution in [0.5, 0.6) is 5.75 Å². The van der Waals surface area contributed by atoms with E-state index in [0.29, 0.717) is 16.7 Å². The Balaban J connectivity index is 2.39. The highest BCUT2D eigenvalue weighted by Gasteiger charge is 2.19. The molecule has 0 unspecified atom stereocenters. The lowest BCUT2D eigenvalue weighted by Crippen LogP contribution is -2.31. The number of primary amides is 1. The highest BCUT2D eigenvalue weighted by Crippen LogP contribution is 2.32. The Hall–Kier alpha value is -2.08. The van der Waals surface area contributed by atoms with Gasteiger partial charge in [0.05, 0.1) is 5.69 Å². The quantitative estimate of drug-likeness (QED) is 0.904. The second-order valence-electron chi connectivity index (χ2n) is 4.39. The van der Waals surface area contributed by atoms with E-state index in [1.807, 2.05) is 0 Å². The zero-order valence-corrected chi connectivity index (χ0v) is 11.5. The molecule has 2 rings (SSSR count). The van der Waals surface area contributed by atoms with E-state index in [2.05, 4.69) is 18.8 Å². The number of nitrogens with zero attached hydrogens (tertiary/aromatic N) is 2. The highest BCUT2D eigenvalue weighted by molar-refractivity contribution is 7.15. The molecule has 19 heavy (non-hydrogen) atoms. The Bertz CT molecular complexity index is 578. The predicted octanol–water partition coefficient (Wildman–Crippen LogP) is 3.19. The maximum absolute atomic E-state index is 11.6. The fourth-order valence-electron chi connectivity index (χ4n) is 1.58. The predicted molar refractivity (Wildman–Crippen MR) is 76.0 cm³/mol. The average molecular weight is 277 g/mol. The summed E-state index contributed by atoms with van der Waals surface area (Å²) in [4.78, 5) is 18.3. The molecule has 0 bridgehead atoms. The number of hydrogen-bond acceptors (Lipinski definition) is 4. The molecule has 0 radical (unpaired) electrons. The van der Waals surface area contributed by atoms with Crippen molar-refractivity contribution in [3.05, 3.63) is 35.3 Å². The summed E-state index contributed by atoms with van der Waals surface area (Å²) in [7, 11) is 0. The highest BCUT2D eigenvalue weighted by atomic mass is 32.1. The number of nitrogens with two attached hydrogens (primary N) is 1. The standard InChI is InChI=1S/C13H15N3O2S/c1-8(2)11-7-15-13(19-11)16(12(14)18)9-3-5-10(17)6-4-9/h3-8,17H,1-2H3,(H2,14,18). The summed E-state index contributed by atoms with van der Waals surface area (Å²) in [5.74, 6) is 0.482. The molecule has 1 aromatic carbocycles. The first-order valence-electron chi connectivity index (χ1n) is 5.83. The lowest BCUT2D eigenvalue weighted by molar-refractivity contribution is 0.256. The number of phenolic OH excluding ortho intramolecular Hbond substituents is 1. The Kier molecular flexibility index (Phi) is 3.71. The van der Waals surface area contributed by atoms with E-state index < -0.39 is 6.03 Å². The molecule has 0 aliphatic heterocycles. The number of amides is 2. The van der Waals surface area contributed by atoms with E-state index in [0.717, 1.165) is 4.88 Å². The zero-order chi connectivity index (χ0) is 14.0. The molecule has 0 spiro atoms. The number of thiazole rings is 1. The Morgan fingerprint density at radius 2 is 2.00 bits per heavy atom. The second-order valence-corrected chi connectivity index (χ2v) is 5.43. The largest absolute Gasteiger partial charge is 0.508 e. The van der Waals surface area contributed by atoms with Crippen molar-refractivity contribution >= 4 is 28.2 Å². The van der Waals surface area contributed by atoms with Crippen LogP contribution in [0, 0.1) is 0 Å². The van der Waals surface area contributed by atoms with Crippen LogP contribution < -0.4 is 10.6 Å². The molecule has 0 atom stereocenters. The summed E-state index contributed by atoms with van der Waals surface area (Å²) in [6, 6.07) is 5.65. The number of aromatic nitrogens is 1.